The zero-order valence-corrected chi connectivity index (χ0v) is 9.27. The Morgan fingerprint density at radius 3 is 2.69 bits per heavy atom. The molecule has 70 valence electrons. The number of aliphatic hydroxyl groups is 1. The molecule has 1 heterocycles. The van der Waals surface area contributed by atoms with Gasteiger partial charge in [0.15, 0.2) is 0 Å². The van der Waals surface area contributed by atoms with E-state index in [4.69, 9.17) is 11.6 Å². The molecule has 0 spiro atoms. The molecule has 1 aromatic rings. The van der Waals surface area contributed by atoms with Crippen molar-refractivity contribution in [2.24, 2.45) is 0 Å². The summed E-state index contributed by atoms with van der Waals surface area (Å²) in [5, 5.41) is 10.5. The Morgan fingerprint density at radius 1 is 1.46 bits per heavy atom. The first kappa shape index (κ1) is 9.44. The van der Waals surface area contributed by atoms with E-state index in [1.165, 1.54) is 0 Å². The standard InChI is InChI=1S/C9H9BrClNO/c10-6-2-3-7(11)12-8(6)9(13)4-1-5-9/h2-3,13H,1,4-5H2. The van der Waals surface area contributed by atoms with Crippen molar-refractivity contribution in [1.29, 1.82) is 0 Å². The van der Waals surface area contributed by atoms with Crippen LogP contribution in [0.5, 0.6) is 0 Å². The molecule has 0 amide bonds. The Hall–Kier alpha value is -0.120. The molecule has 13 heavy (non-hydrogen) atoms. The molecule has 1 fully saturated rings. The quantitative estimate of drug-likeness (QED) is 0.790. The minimum Gasteiger partial charge on any atom is -0.384 e. The summed E-state index contributed by atoms with van der Waals surface area (Å²) in [7, 11) is 0. The lowest BCUT2D eigenvalue weighted by Crippen LogP contribution is -2.35. The number of aromatic nitrogens is 1. The van der Waals surface area contributed by atoms with Crippen molar-refractivity contribution in [3.8, 4) is 0 Å². The van der Waals surface area contributed by atoms with Crippen molar-refractivity contribution in [2.45, 2.75) is 24.9 Å². The largest absolute Gasteiger partial charge is 0.384 e. The fraction of sp³-hybridized carbons (Fsp3) is 0.444. The monoisotopic (exact) mass is 261 g/mol. The molecule has 0 saturated heterocycles. The van der Waals surface area contributed by atoms with E-state index in [9.17, 15) is 5.11 Å². The van der Waals surface area contributed by atoms with Crippen molar-refractivity contribution in [2.75, 3.05) is 0 Å². The number of pyridine rings is 1. The third-order valence-corrected chi connectivity index (χ3v) is 3.28. The first-order valence-corrected chi connectivity index (χ1v) is 5.34. The van der Waals surface area contributed by atoms with Gasteiger partial charge >= 0.3 is 0 Å². The maximum Gasteiger partial charge on any atom is 0.129 e. The summed E-state index contributed by atoms with van der Waals surface area (Å²) in [6, 6.07) is 3.53. The Kier molecular flexibility index (Phi) is 2.34. The Bertz CT molecular complexity index is 338. The van der Waals surface area contributed by atoms with Crippen LogP contribution < -0.4 is 0 Å². The van der Waals surface area contributed by atoms with Gasteiger partial charge in [-0.2, -0.15) is 0 Å². The highest BCUT2D eigenvalue weighted by atomic mass is 79.9. The summed E-state index contributed by atoms with van der Waals surface area (Å²) < 4.78 is 0.833. The SMILES string of the molecule is OC1(c2nc(Cl)ccc2Br)CCC1. The third-order valence-electron chi connectivity index (χ3n) is 2.43. The van der Waals surface area contributed by atoms with Gasteiger partial charge in [-0.25, -0.2) is 4.98 Å². The predicted octanol–water partition coefficient (Wildman–Crippen LogP) is 2.87. The lowest BCUT2D eigenvalue weighted by Gasteiger charge is -2.36. The molecule has 1 saturated carbocycles. The second-order valence-corrected chi connectivity index (χ2v) is 4.59. The Balaban J connectivity index is 2.43. The summed E-state index contributed by atoms with van der Waals surface area (Å²) >= 11 is 9.12. The van der Waals surface area contributed by atoms with Crippen LogP contribution in [0.3, 0.4) is 0 Å². The summed E-state index contributed by atoms with van der Waals surface area (Å²) in [6.07, 6.45) is 2.61. The smallest absolute Gasteiger partial charge is 0.129 e. The van der Waals surface area contributed by atoms with Crippen molar-refractivity contribution in [1.82, 2.24) is 4.98 Å². The van der Waals surface area contributed by atoms with Crippen LogP contribution in [0.2, 0.25) is 5.15 Å². The number of rotatable bonds is 1. The predicted molar refractivity (Wildman–Crippen MR) is 54.7 cm³/mol. The van der Waals surface area contributed by atoms with Crippen LogP contribution in [-0.4, -0.2) is 10.1 Å². The van der Waals surface area contributed by atoms with E-state index in [1.54, 1.807) is 6.07 Å². The molecule has 2 nitrogen and oxygen atoms in total. The minimum absolute atomic E-state index is 0.429. The van der Waals surface area contributed by atoms with Gasteiger partial charge in [-0.1, -0.05) is 11.6 Å². The van der Waals surface area contributed by atoms with Gasteiger partial charge in [0.25, 0.3) is 0 Å². The average Bonchev–Trinajstić information content (AvgIpc) is 2.05. The maximum absolute atomic E-state index is 10.0. The van der Waals surface area contributed by atoms with Crippen LogP contribution in [0.4, 0.5) is 0 Å². The minimum atomic E-state index is -0.746. The molecule has 2 rings (SSSR count). The summed E-state index contributed by atoms with van der Waals surface area (Å²) in [5.41, 5.74) is -0.0738. The Morgan fingerprint density at radius 2 is 2.15 bits per heavy atom. The molecule has 0 radical (unpaired) electrons. The number of hydrogen-bond acceptors (Lipinski definition) is 2. The summed E-state index contributed by atoms with van der Waals surface area (Å²) in [4.78, 5) is 4.14. The van der Waals surface area contributed by atoms with Gasteiger partial charge in [0.1, 0.15) is 10.8 Å². The van der Waals surface area contributed by atoms with Crippen LogP contribution in [0.25, 0.3) is 0 Å². The number of halogens is 2. The van der Waals surface area contributed by atoms with E-state index in [1.807, 2.05) is 6.07 Å². The van der Waals surface area contributed by atoms with E-state index in [0.29, 0.717) is 10.8 Å². The highest BCUT2D eigenvalue weighted by Crippen LogP contribution is 2.43. The molecular weight excluding hydrogens is 253 g/mol. The second kappa shape index (κ2) is 3.23. The molecule has 1 N–H and O–H groups in total. The van der Waals surface area contributed by atoms with E-state index in [2.05, 4.69) is 20.9 Å². The van der Waals surface area contributed by atoms with Gasteiger partial charge in [0, 0.05) is 4.47 Å². The van der Waals surface area contributed by atoms with Crippen molar-refractivity contribution in [3.63, 3.8) is 0 Å². The second-order valence-electron chi connectivity index (χ2n) is 3.35. The molecule has 1 aliphatic rings. The molecule has 0 aromatic carbocycles. The fourth-order valence-corrected chi connectivity index (χ4v) is 2.23. The molecule has 0 bridgehead atoms. The summed E-state index contributed by atoms with van der Waals surface area (Å²) in [5.74, 6) is 0. The highest BCUT2D eigenvalue weighted by molar-refractivity contribution is 9.10. The Labute approximate surface area is 90.1 Å². The molecular formula is C9H9BrClNO. The lowest BCUT2D eigenvalue weighted by molar-refractivity contribution is -0.0432. The van der Waals surface area contributed by atoms with Crippen LogP contribution in [0, 0.1) is 0 Å². The van der Waals surface area contributed by atoms with Crippen molar-refractivity contribution < 1.29 is 5.11 Å². The normalized spacial score (nSPS) is 19.6. The van der Waals surface area contributed by atoms with Gasteiger partial charge < -0.3 is 5.11 Å². The number of hydrogen-bond donors (Lipinski definition) is 1. The topological polar surface area (TPSA) is 33.1 Å². The molecule has 1 aromatic heterocycles. The molecule has 0 unspecified atom stereocenters. The van der Waals surface area contributed by atoms with Gasteiger partial charge in [0.05, 0.1) is 5.69 Å². The third kappa shape index (κ3) is 1.60. The molecule has 4 heteroatoms. The summed E-state index contributed by atoms with van der Waals surface area (Å²) in [6.45, 7) is 0. The number of nitrogens with zero attached hydrogens (tertiary/aromatic N) is 1. The van der Waals surface area contributed by atoms with Gasteiger partial charge in [-0.05, 0) is 47.3 Å². The van der Waals surface area contributed by atoms with Crippen LogP contribution in [-0.2, 0) is 5.60 Å². The zero-order valence-electron chi connectivity index (χ0n) is 6.93. The lowest BCUT2D eigenvalue weighted by atomic mass is 9.77. The van der Waals surface area contributed by atoms with Crippen LogP contribution >= 0.6 is 27.5 Å². The van der Waals surface area contributed by atoms with E-state index in [-0.39, 0.29) is 0 Å². The molecule has 1 aliphatic carbocycles. The fourth-order valence-electron chi connectivity index (χ4n) is 1.49. The average molecular weight is 263 g/mol. The van der Waals surface area contributed by atoms with Crippen molar-refractivity contribution >= 4 is 27.5 Å². The van der Waals surface area contributed by atoms with E-state index in [0.717, 1.165) is 23.7 Å². The van der Waals surface area contributed by atoms with Gasteiger partial charge in [0.2, 0.25) is 0 Å². The van der Waals surface area contributed by atoms with E-state index >= 15 is 0 Å². The van der Waals surface area contributed by atoms with Crippen molar-refractivity contribution in [3.05, 3.63) is 27.5 Å². The van der Waals surface area contributed by atoms with Crippen LogP contribution in [0.15, 0.2) is 16.6 Å². The first-order chi connectivity index (χ1) is 6.12. The van der Waals surface area contributed by atoms with Crippen LogP contribution in [0.1, 0.15) is 25.0 Å². The van der Waals surface area contributed by atoms with Gasteiger partial charge in [-0.15, -0.1) is 0 Å². The first-order valence-electron chi connectivity index (χ1n) is 4.17. The highest BCUT2D eigenvalue weighted by Gasteiger charge is 2.39. The maximum atomic E-state index is 10.0. The zero-order chi connectivity index (χ0) is 9.47. The molecule has 0 atom stereocenters. The van der Waals surface area contributed by atoms with Gasteiger partial charge in [-0.3, -0.25) is 0 Å². The molecule has 0 aliphatic heterocycles. The van der Waals surface area contributed by atoms with E-state index < -0.39 is 5.60 Å².